The summed E-state index contributed by atoms with van der Waals surface area (Å²) in [6, 6.07) is 18.2. The Bertz CT molecular complexity index is 860. The van der Waals surface area contributed by atoms with E-state index in [1.807, 2.05) is 6.07 Å². The van der Waals surface area contributed by atoms with Crippen LogP contribution >= 0.6 is 0 Å². The average Bonchev–Trinajstić information content (AvgIpc) is 2.79. The molecular weight excluding hydrogens is 406 g/mol. The third-order valence-electron chi connectivity index (χ3n) is 4.74. The van der Waals surface area contributed by atoms with Crippen molar-refractivity contribution in [3.05, 3.63) is 60.2 Å². The number of benzene rings is 2. The lowest BCUT2D eigenvalue weighted by molar-refractivity contribution is -0.150. The number of nitrogens with one attached hydrogen (secondary N) is 1. The minimum absolute atomic E-state index is 0.214. The quantitative estimate of drug-likeness (QED) is 0.642. The number of amides is 1. The van der Waals surface area contributed by atoms with E-state index in [9.17, 15) is 9.59 Å². The Morgan fingerprint density at radius 3 is 2.28 bits per heavy atom. The number of carbonyl (C=O) groups excluding carboxylic acids is 2. The van der Waals surface area contributed by atoms with Crippen LogP contribution < -0.4 is 5.32 Å². The zero-order valence-electron chi connectivity index (χ0n) is 19.7. The second-order valence-electron chi connectivity index (χ2n) is 8.82. The first-order valence-corrected chi connectivity index (χ1v) is 11.0. The maximum atomic E-state index is 11.9. The van der Waals surface area contributed by atoms with Crippen molar-refractivity contribution >= 4 is 12.1 Å². The van der Waals surface area contributed by atoms with Gasteiger partial charge in [0.05, 0.1) is 6.61 Å². The van der Waals surface area contributed by atoms with Crippen LogP contribution in [-0.2, 0) is 19.0 Å². The van der Waals surface area contributed by atoms with Gasteiger partial charge in [-0.2, -0.15) is 0 Å². The van der Waals surface area contributed by atoms with Crippen molar-refractivity contribution in [1.29, 1.82) is 0 Å². The molecule has 0 saturated carbocycles. The molecule has 2 atom stereocenters. The van der Waals surface area contributed by atoms with Gasteiger partial charge in [-0.1, -0.05) is 54.6 Å². The van der Waals surface area contributed by atoms with E-state index in [4.69, 9.17) is 14.2 Å². The van der Waals surface area contributed by atoms with Crippen LogP contribution in [0.15, 0.2) is 54.6 Å². The molecule has 1 heterocycles. The lowest BCUT2D eigenvalue weighted by Gasteiger charge is -2.23. The SMILES string of the molecule is CC1CCOCC[C@H](NC(=O)OC(C)(C)C)C(=O)O1.Cc1ccccc1-c1ccccc1. The van der Waals surface area contributed by atoms with Crippen molar-refractivity contribution in [1.82, 2.24) is 5.32 Å². The molecule has 0 radical (unpaired) electrons. The van der Waals surface area contributed by atoms with Crippen molar-refractivity contribution in [2.24, 2.45) is 0 Å². The lowest BCUT2D eigenvalue weighted by Crippen LogP contribution is -2.45. The van der Waals surface area contributed by atoms with Crippen LogP contribution in [0, 0.1) is 6.92 Å². The smallest absolute Gasteiger partial charge is 0.408 e. The minimum atomic E-state index is -0.726. The van der Waals surface area contributed by atoms with Gasteiger partial charge in [-0.3, -0.25) is 0 Å². The lowest BCUT2D eigenvalue weighted by atomic mass is 10.0. The van der Waals surface area contributed by atoms with E-state index in [1.165, 1.54) is 16.7 Å². The highest BCUT2D eigenvalue weighted by molar-refractivity contribution is 5.81. The molecule has 1 unspecified atom stereocenters. The fourth-order valence-corrected chi connectivity index (χ4v) is 3.11. The number of alkyl carbamates (subject to hydrolysis) is 1. The molecule has 1 aliphatic heterocycles. The molecule has 32 heavy (non-hydrogen) atoms. The Morgan fingerprint density at radius 1 is 1.00 bits per heavy atom. The monoisotopic (exact) mass is 441 g/mol. The largest absolute Gasteiger partial charge is 0.461 e. The number of hydrogen-bond donors (Lipinski definition) is 1. The second-order valence-corrected chi connectivity index (χ2v) is 8.82. The number of cyclic esters (lactones) is 1. The number of esters is 1. The van der Waals surface area contributed by atoms with Crippen molar-refractivity contribution in [2.45, 2.75) is 65.2 Å². The molecule has 1 aliphatic rings. The maximum absolute atomic E-state index is 11.9. The number of ether oxygens (including phenoxy) is 3. The van der Waals surface area contributed by atoms with Crippen LogP contribution in [0.25, 0.3) is 11.1 Å². The first-order valence-electron chi connectivity index (χ1n) is 11.0. The Hall–Kier alpha value is -2.86. The molecular formula is C26H35NO5. The fourth-order valence-electron chi connectivity index (χ4n) is 3.11. The molecule has 2 aromatic carbocycles. The third-order valence-corrected chi connectivity index (χ3v) is 4.74. The van der Waals surface area contributed by atoms with E-state index in [1.54, 1.807) is 27.7 Å². The van der Waals surface area contributed by atoms with Crippen molar-refractivity contribution in [2.75, 3.05) is 13.2 Å². The Labute approximate surface area is 191 Å². The molecule has 1 N–H and O–H groups in total. The predicted octanol–water partition coefficient (Wildman–Crippen LogP) is 5.28. The van der Waals surface area contributed by atoms with Gasteiger partial charge in [-0.05, 0) is 51.3 Å². The summed E-state index contributed by atoms with van der Waals surface area (Å²) in [7, 11) is 0. The van der Waals surface area contributed by atoms with Crippen LogP contribution in [0.4, 0.5) is 4.79 Å². The number of carbonyl (C=O) groups is 2. The molecule has 0 bridgehead atoms. The van der Waals surface area contributed by atoms with Crippen LogP contribution in [0.2, 0.25) is 0 Å². The Kier molecular flexibility index (Phi) is 9.72. The summed E-state index contributed by atoms with van der Waals surface area (Å²) in [6.07, 6.45) is 0.199. The van der Waals surface area contributed by atoms with Gasteiger partial charge in [0, 0.05) is 19.4 Å². The van der Waals surface area contributed by atoms with Crippen LogP contribution in [-0.4, -0.2) is 43.0 Å². The summed E-state index contributed by atoms with van der Waals surface area (Å²) >= 11 is 0. The van der Waals surface area contributed by atoms with Crippen LogP contribution in [0.1, 0.15) is 46.1 Å². The van der Waals surface area contributed by atoms with Crippen LogP contribution in [0.3, 0.4) is 0 Å². The Morgan fingerprint density at radius 2 is 1.62 bits per heavy atom. The van der Waals surface area contributed by atoms with Gasteiger partial charge in [-0.25, -0.2) is 9.59 Å². The average molecular weight is 442 g/mol. The number of hydrogen-bond acceptors (Lipinski definition) is 5. The van der Waals surface area contributed by atoms with E-state index in [0.29, 0.717) is 26.1 Å². The summed E-state index contributed by atoms with van der Waals surface area (Å²) in [5.74, 6) is -0.441. The Balaban J connectivity index is 0.000000242. The van der Waals surface area contributed by atoms with Gasteiger partial charge in [-0.15, -0.1) is 0 Å². The molecule has 1 saturated heterocycles. The zero-order chi connectivity index (χ0) is 23.6. The van der Waals surface area contributed by atoms with E-state index in [-0.39, 0.29) is 6.10 Å². The van der Waals surface area contributed by atoms with Crippen molar-refractivity contribution in [3.8, 4) is 11.1 Å². The fraction of sp³-hybridized carbons (Fsp3) is 0.462. The molecule has 1 fully saturated rings. The topological polar surface area (TPSA) is 73.9 Å². The van der Waals surface area contributed by atoms with Crippen LogP contribution in [0.5, 0.6) is 0 Å². The molecule has 0 spiro atoms. The molecule has 174 valence electrons. The molecule has 1 amide bonds. The first-order chi connectivity index (χ1) is 15.2. The van der Waals surface area contributed by atoms with Gasteiger partial charge >= 0.3 is 12.1 Å². The molecule has 6 heteroatoms. The first kappa shape index (κ1) is 25.4. The van der Waals surface area contributed by atoms with E-state index in [0.717, 1.165) is 0 Å². The summed E-state index contributed by atoms with van der Waals surface area (Å²) in [5, 5.41) is 2.53. The number of rotatable bonds is 2. The van der Waals surface area contributed by atoms with Gasteiger partial charge in [0.15, 0.2) is 0 Å². The van der Waals surface area contributed by atoms with Gasteiger partial charge in [0.2, 0.25) is 0 Å². The van der Waals surface area contributed by atoms with E-state index in [2.05, 4.69) is 60.8 Å². The molecule has 6 nitrogen and oxygen atoms in total. The number of aryl methyl sites for hydroxylation is 1. The van der Waals surface area contributed by atoms with Gasteiger partial charge in [0.25, 0.3) is 0 Å². The summed E-state index contributed by atoms with van der Waals surface area (Å²) in [6.45, 7) is 10.2. The molecule has 0 aromatic heterocycles. The zero-order valence-corrected chi connectivity index (χ0v) is 19.7. The highest BCUT2D eigenvalue weighted by atomic mass is 16.6. The highest BCUT2D eigenvalue weighted by Gasteiger charge is 2.27. The minimum Gasteiger partial charge on any atom is -0.461 e. The summed E-state index contributed by atoms with van der Waals surface area (Å²) in [4.78, 5) is 23.5. The predicted molar refractivity (Wildman–Crippen MR) is 125 cm³/mol. The summed E-state index contributed by atoms with van der Waals surface area (Å²) < 4.78 is 15.7. The highest BCUT2D eigenvalue weighted by Crippen LogP contribution is 2.22. The maximum Gasteiger partial charge on any atom is 0.408 e. The molecule has 0 aliphatic carbocycles. The van der Waals surface area contributed by atoms with E-state index >= 15 is 0 Å². The third kappa shape index (κ3) is 9.10. The molecule has 2 aromatic rings. The van der Waals surface area contributed by atoms with Crippen molar-refractivity contribution < 1.29 is 23.8 Å². The standard InChI is InChI=1S/C13H23NO5.C13H12/c1-9-5-7-17-8-6-10(11(15)18-9)14-12(16)19-13(2,3)4;1-11-7-5-6-10-13(11)12-8-3-2-4-9-12/h9-10H,5-8H2,1-4H3,(H,14,16);2-10H,1H3/t9?,10-;/m0./s1. The normalized spacial score (nSPS) is 19.2. The molecule has 3 rings (SSSR count). The van der Waals surface area contributed by atoms with Gasteiger partial charge in [0.1, 0.15) is 17.7 Å². The van der Waals surface area contributed by atoms with Crippen molar-refractivity contribution in [3.63, 3.8) is 0 Å². The summed E-state index contributed by atoms with van der Waals surface area (Å²) in [5.41, 5.74) is 3.34. The van der Waals surface area contributed by atoms with E-state index < -0.39 is 23.7 Å². The second kappa shape index (κ2) is 12.2. The van der Waals surface area contributed by atoms with Gasteiger partial charge < -0.3 is 19.5 Å².